The van der Waals surface area contributed by atoms with Gasteiger partial charge in [-0.1, -0.05) is 306 Å². The van der Waals surface area contributed by atoms with Crippen LogP contribution in [0, 0.1) is 76.9 Å². The Morgan fingerprint density at radius 2 is 0.446 bits per heavy atom. The van der Waals surface area contributed by atoms with E-state index in [4.69, 9.17) is 0 Å². The number of H-pyrrole nitrogens is 3. The summed E-state index contributed by atoms with van der Waals surface area (Å²) in [5, 5.41) is 10.1. The maximum atomic E-state index is 4.58. The molecule has 0 bridgehead atoms. The van der Waals surface area contributed by atoms with Gasteiger partial charge in [0.2, 0.25) is 0 Å². The normalized spacial score (nSPS) is 8.43. The SMILES string of the molecule is CC(C)C.CC(C)C.CC(C)C.CC(C)C.CC(C)C.CC(C)C.CC(C)C.CC(C)C.CC(C)C.CC(C)C.CC(C)C.CC(C)C.CC(C)C.c1c[nH]cn1.c1cc[nH]c1.c1cc[nH]c1.c1ccncc1.c1ccncc1.c1ccoc1.c1ccoc1.c1ccsc1.c1ccsc1.c1cnccn1.c1cncnc1.c1cocn1.c1cscn1. The van der Waals surface area contributed by atoms with Crippen LogP contribution in [0.4, 0.5) is 0 Å². The van der Waals surface area contributed by atoms with Crippen molar-refractivity contribution in [2.75, 3.05) is 0 Å². The molecule has 13 heterocycles. The highest BCUT2D eigenvalue weighted by Crippen LogP contribution is 1.94. The topological polar surface area (TPSA) is 203 Å². The number of oxazole rings is 1. The van der Waals surface area contributed by atoms with Crippen LogP contribution in [-0.2, 0) is 0 Å². The molecule has 0 unspecified atom stereocenters. The molecule has 692 valence electrons. The quantitative estimate of drug-likeness (QED) is 0.130. The molecule has 13 aromatic rings. The Labute approximate surface area is 758 Å². The molecule has 0 atom stereocenters. The van der Waals surface area contributed by atoms with Crippen molar-refractivity contribution in [3.8, 4) is 0 Å². The lowest BCUT2D eigenvalue weighted by molar-refractivity contribution is 0.558. The largest absolute Gasteiger partial charge is 0.473 e. The summed E-state index contributed by atoms with van der Waals surface area (Å²) in [5.74, 6) is 10.8. The predicted octanol–water partition coefficient (Wildman–Crippen LogP) is 35.0. The van der Waals surface area contributed by atoms with Crippen LogP contribution in [0.25, 0.3) is 0 Å². The smallest absolute Gasteiger partial charge is 0.180 e. The second-order valence-electron chi connectivity index (χ2n) is 33.4. The van der Waals surface area contributed by atoms with E-state index in [9.17, 15) is 0 Å². The van der Waals surface area contributed by atoms with Crippen LogP contribution in [0.5, 0.6) is 0 Å². The first-order valence-corrected chi connectivity index (χ1v) is 45.6. The van der Waals surface area contributed by atoms with Crippen molar-refractivity contribution in [1.82, 2.24) is 59.8 Å². The summed E-state index contributed by atoms with van der Waals surface area (Å²) in [7, 11) is 0. The summed E-state index contributed by atoms with van der Waals surface area (Å²) in [4.78, 5) is 41.8. The summed E-state index contributed by atoms with van der Waals surface area (Å²) in [6, 6.07) is 36.4. The van der Waals surface area contributed by atoms with Crippen LogP contribution < -0.4 is 0 Å². The third kappa shape index (κ3) is 366. The number of rotatable bonds is 0. The van der Waals surface area contributed by atoms with Gasteiger partial charge in [-0.25, -0.2) is 19.9 Å². The number of hydrogen-bond donors (Lipinski definition) is 3. The van der Waals surface area contributed by atoms with Crippen LogP contribution in [0.3, 0.4) is 0 Å². The van der Waals surface area contributed by atoms with E-state index < -0.39 is 0 Å². The minimum Gasteiger partial charge on any atom is -0.473 e. The minimum atomic E-state index is 0.833. The first kappa shape index (κ1) is 141. The van der Waals surface area contributed by atoms with Gasteiger partial charge in [0, 0.05) is 111 Å². The molecule has 0 aliphatic rings. The van der Waals surface area contributed by atoms with E-state index >= 15 is 0 Å². The number of aromatic amines is 3. The van der Waals surface area contributed by atoms with Crippen molar-refractivity contribution in [3.63, 3.8) is 0 Å². The van der Waals surface area contributed by atoms with Gasteiger partial charge < -0.3 is 28.2 Å². The molecule has 3 N–H and O–H groups in total. The van der Waals surface area contributed by atoms with Crippen molar-refractivity contribution in [1.29, 1.82) is 0 Å². The van der Waals surface area contributed by atoms with E-state index in [1.165, 1.54) is 19.0 Å². The first-order valence-electron chi connectivity index (χ1n) is 42.7. The van der Waals surface area contributed by atoms with Gasteiger partial charge in [0.05, 0.1) is 43.1 Å². The van der Waals surface area contributed by atoms with Gasteiger partial charge in [0.25, 0.3) is 0 Å². The van der Waals surface area contributed by atoms with Crippen LogP contribution in [0.2, 0.25) is 0 Å². The number of thiazole rings is 1. The molecule has 0 saturated carbocycles. The van der Waals surface area contributed by atoms with E-state index in [1.54, 1.807) is 164 Å². The van der Waals surface area contributed by atoms with Crippen LogP contribution in [0.15, 0.2) is 323 Å². The number of pyridine rings is 2. The van der Waals surface area contributed by atoms with Gasteiger partial charge in [0.1, 0.15) is 12.6 Å². The Hall–Kier alpha value is -8.97. The number of hydrogen-bond acceptors (Lipinski definition) is 15. The van der Waals surface area contributed by atoms with Crippen molar-refractivity contribution in [2.45, 2.75) is 270 Å². The molecule has 0 aliphatic carbocycles. The highest BCUT2D eigenvalue weighted by molar-refractivity contribution is 7.08. The van der Waals surface area contributed by atoms with Crippen molar-refractivity contribution in [2.24, 2.45) is 76.9 Å². The van der Waals surface area contributed by atoms with Gasteiger partial charge in [0.15, 0.2) is 6.39 Å². The lowest BCUT2D eigenvalue weighted by atomic mass is 10.3. The molecule has 0 aliphatic heterocycles. The second-order valence-corrected chi connectivity index (χ2v) is 35.8. The Morgan fingerprint density at radius 3 is 0.521 bits per heavy atom. The number of nitrogens with one attached hydrogen (secondary N) is 3. The monoisotopic (exact) mass is 1730 g/mol. The zero-order chi connectivity index (χ0) is 95.3. The Morgan fingerprint density at radius 1 is 0.182 bits per heavy atom. The van der Waals surface area contributed by atoms with E-state index in [0.717, 1.165) is 76.9 Å². The predicted molar refractivity (Wildman–Crippen MR) is 544 cm³/mol. The summed E-state index contributed by atoms with van der Waals surface area (Å²) >= 11 is 5.03. The highest BCUT2D eigenvalue weighted by atomic mass is 32.1. The van der Waals surface area contributed by atoms with E-state index in [2.05, 4.69) is 343 Å². The fourth-order valence-corrected chi connectivity index (χ4v) is 4.42. The molecule has 0 radical (unpaired) electrons. The van der Waals surface area contributed by atoms with E-state index in [-0.39, 0.29) is 0 Å². The molecule has 0 aromatic carbocycles. The van der Waals surface area contributed by atoms with Gasteiger partial charge >= 0.3 is 0 Å². The zero-order valence-electron chi connectivity index (χ0n) is 83.9. The van der Waals surface area contributed by atoms with Gasteiger partial charge in [-0.2, -0.15) is 22.7 Å². The molecule has 121 heavy (non-hydrogen) atoms. The molecular weight excluding hydrogens is 1550 g/mol. The molecule has 0 spiro atoms. The molecule has 18 heteroatoms. The second kappa shape index (κ2) is 137. The Kier molecular flexibility index (Phi) is 160. The van der Waals surface area contributed by atoms with Crippen molar-refractivity contribution >= 4 is 34.0 Å². The van der Waals surface area contributed by atoms with E-state index in [1.807, 2.05) is 161 Å². The molecule has 15 nitrogen and oxygen atoms in total. The molecule has 13 rings (SSSR count). The van der Waals surface area contributed by atoms with Crippen molar-refractivity contribution in [3.05, 3.63) is 310 Å². The lowest BCUT2D eigenvalue weighted by Crippen LogP contribution is -1.66. The van der Waals surface area contributed by atoms with Crippen LogP contribution >= 0.6 is 34.0 Å². The number of imidazole rings is 1. The van der Waals surface area contributed by atoms with E-state index in [0.29, 0.717) is 0 Å². The summed E-state index contributed by atoms with van der Waals surface area (Å²) in [6.07, 6.45) is 43.8. The molecule has 0 amide bonds. The van der Waals surface area contributed by atoms with Crippen LogP contribution in [-0.4, -0.2) is 59.8 Å². The maximum absolute atomic E-state index is 4.58. The number of aromatic nitrogens is 12. The zero-order valence-corrected chi connectivity index (χ0v) is 86.4. The molecular formula is C103H184N12O3S3. The van der Waals surface area contributed by atoms with Gasteiger partial charge in [-0.05, 0) is 177 Å². The van der Waals surface area contributed by atoms with Crippen molar-refractivity contribution < 1.29 is 13.3 Å². The summed E-state index contributed by atoms with van der Waals surface area (Å²) in [5.41, 5.74) is 1.79. The average molecular weight is 1730 g/mol. The molecule has 0 fully saturated rings. The third-order valence-corrected chi connectivity index (χ3v) is 7.66. The maximum Gasteiger partial charge on any atom is 0.180 e. The minimum absolute atomic E-state index is 0.833. The molecule has 13 aromatic heterocycles. The highest BCUT2D eigenvalue weighted by Gasteiger charge is 1.75. The third-order valence-electron chi connectivity index (χ3n) is 5.88. The number of furan rings is 2. The number of nitrogens with zero attached hydrogens (tertiary/aromatic N) is 9. The summed E-state index contributed by atoms with van der Waals surface area (Å²) < 4.78 is 13.6. The van der Waals surface area contributed by atoms with Gasteiger partial charge in [-0.3, -0.25) is 24.9 Å². The fourth-order valence-electron chi connectivity index (χ4n) is 3.16. The lowest BCUT2D eigenvalue weighted by Gasteiger charge is -1.79. The number of thiophene rings is 2. The van der Waals surface area contributed by atoms with Gasteiger partial charge in [-0.15, -0.1) is 11.3 Å². The Balaban J connectivity index is -0.0000000913. The summed E-state index contributed by atoms with van der Waals surface area (Å²) in [6.45, 7) is 84.5. The standard InChI is InChI=1S/2C5H5N.2C4H4N2.2C4H5N.2C4H4O.2C4H4S.13C4H10.C3H4N2.C3H3NO.C3H3NS/c2*1-2-4-6-5-3-1;1-2-6-4-3-5-1;1-2-5-4-6-3-1;6*1-2-4-5-3-1;13*1-4(2)3;3*1-2-5-3-4-1/h2*1-5H;2*1-4H;2*1-5H;4*1-4H;13*4H,1-3H3;1-3H,(H,4,5);2*1-3H. The average Bonchev–Trinajstić information content (AvgIpc) is 2.11. The fraction of sp³-hybridized carbons (Fsp3) is 0.505. The first-order chi connectivity index (χ1) is 57.0. The van der Waals surface area contributed by atoms with Crippen LogP contribution in [0.1, 0.15) is 270 Å². The molecule has 0 saturated heterocycles. The Bertz CT molecular complexity index is 2230.